The summed E-state index contributed by atoms with van der Waals surface area (Å²) in [6.07, 6.45) is -0.787. The molecule has 0 fully saturated rings. The number of methoxy groups -OCH3 is 1. The standard InChI is InChI=1S/C17H17NO5/c1-11(23-13-9-7-12(22-2)8-10-13)16(19)18-15-6-4-3-5-14(15)17(20)21/h3-11H,1-2H3,(H,18,19)(H,20,21). The molecule has 1 atom stereocenters. The summed E-state index contributed by atoms with van der Waals surface area (Å²) in [6, 6.07) is 13.0. The Labute approximate surface area is 133 Å². The number of hydrogen-bond acceptors (Lipinski definition) is 4. The van der Waals surface area contributed by atoms with Gasteiger partial charge in [-0.3, -0.25) is 4.79 Å². The molecule has 0 bridgehead atoms. The number of carboxylic acids is 1. The van der Waals surface area contributed by atoms with Gasteiger partial charge in [0.25, 0.3) is 5.91 Å². The van der Waals surface area contributed by atoms with Crippen molar-refractivity contribution in [3.05, 3.63) is 54.1 Å². The number of rotatable bonds is 6. The van der Waals surface area contributed by atoms with Gasteiger partial charge in [-0.1, -0.05) is 12.1 Å². The molecule has 23 heavy (non-hydrogen) atoms. The van der Waals surface area contributed by atoms with Gasteiger partial charge >= 0.3 is 5.97 Å². The highest BCUT2D eigenvalue weighted by molar-refractivity contribution is 6.01. The van der Waals surface area contributed by atoms with Gasteiger partial charge in [-0.25, -0.2) is 4.79 Å². The summed E-state index contributed by atoms with van der Waals surface area (Å²) >= 11 is 0. The van der Waals surface area contributed by atoms with E-state index in [0.29, 0.717) is 11.5 Å². The molecule has 2 N–H and O–H groups in total. The van der Waals surface area contributed by atoms with Crippen LogP contribution < -0.4 is 14.8 Å². The normalized spacial score (nSPS) is 11.4. The molecule has 0 saturated carbocycles. The number of carbonyl (C=O) groups is 2. The van der Waals surface area contributed by atoms with Crippen LogP contribution in [0.1, 0.15) is 17.3 Å². The second-order valence-electron chi connectivity index (χ2n) is 4.78. The maximum Gasteiger partial charge on any atom is 0.337 e. The molecular weight excluding hydrogens is 298 g/mol. The average molecular weight is 315 g/mol. The fourth-order valence-electron chi connectivity index (χ4n) is 1.92. The van der Waals surface area contributed by atoms with Gasteiger partial charge in [0.1, 0.15) is 11.5 Å². The van der Waals surface area contributed by atoms with E-state index in [1.165, 1.54) is 12.1 Å². The molecule has 6 heteroatoms. The van der Waals surface area contributed by atoms with Crippen LogP contribution in [0.25, 0.3) is 0 Å². The molecule has 120 valence electrons. The third-order valence-corrected chi connectivity index (χ3v) is 3.16. The number of ether oxygens (including phenoxy) is 2. The second kappa shape index (κ2) is 7.31. The third kappa shape index (κ3) is 4.23. The average Bonchev–Trinajstić information content (AvgIpc) is 2.55. The Morgan fingerprint density at radius 2 is 1.65 bits per heavy atom. The van der Waals surface area contributed by atoms with Gasteiger partial charge in [-0.15, -0.1) is 0 Å². The first kappa shape index (κ1) is 16.4. The Balaban J connectivity index is 2.04. The van der Waals surface area contributed by atoms with Crippen molar-refractivity contribution in [1.29, 1.82) is 0 Å². The number of amides is 1. The molecule has 0 heterocycles. The van der Waals surface area contributed by atoms with Gasteiger partial charge in [0.2, 0.25) is 0 Å². The SMILES string of the molecule is COc1ccc(OC(C)C(=O)Nc2ccccc2C(=O)O)cc1. The zero-order valence-electron chi connectivity index (χ0n) is 12.8. The van der Waals surface area contributed by atoms with Crippen LogP contribution in [0.4, 0.5) is 5.69 Å². The van der Waals surface area contributed by atoms with E-state index in [4.69, 9.17) is 14.6 Å². The van der Waals surface area contributed by atoms with Crippen LogP contribution in [0.5, 0.6) is 11.5 Å². The van der Waals surface area contributed by atoms with Gasteiger partial charge in [0.05, 0.1) is 18.4 Å². The van der Waals surface area contributed by atoms with Crippen LogP contribution in [0, 0.1) is 0 Å². The van der Waals surface area contributed by atoms with Crippen LogP contribution in [0.3, 0.4) is 0 Å². The molecular formula is C17H17NO5. The summed E-state index contributed by atoms with van der Waals surface area (Å²) in [6.45, 7) is 1.59. The van der Waals surface area contributed by atoms with E-state index in [2.05, 4.69) is 5.32 Å². The van der Waals surface area contributed by atoms with Crippen LogP contribution in [0.15, 0.2) is 48.5 Å². The van der Waals surface area contributed by atoms with Crippen molar-refractivity contribution < 1.29 is 24.2 Å². The van der Waals surface area contributed by atoms with Gasteiger partial charge in [0, 0.05) is 0 Å². The minimum absolute atomic E-state index is 0.0255. The van der Waals surface area contributed by atoms with Crippen molar-refractivity contribution in [2.24, 2.45) is 0 Å². The fourth-order valence-corrected chi connectivity index (χ4v) is 1.92. The predicted octanol–water partition coefficient (Wildman–Crippen LogP) is 2.80. The highest BCUT2D eigenvalue weighted by atomic mass is 16.5. The lowest BCUT2D eigenvalue weighted by atomic mass is 10.1. The predicted molar refractivity (Wildman–Crippen MR) is 85.1 cm³/mol. The number of para-hydroxylation sites is 1. The van der Waals surface area contributed by atoms with Crippen molar-refractivity contribution in [3.8, 4) is 11.5 Å². The van der Waals surface area contributed by atoms with Gasteiger partial charge in [0.15, 0.2) is 6.10 Å². The molecule has 0 radical (unpaired) electrons. The largest absolute Gasteiger partial charge is 0.497 e. The van der Waals surface area contributed by atoms with E-state index in [9.17, 15) is 9.59 Å². The monoisotopic (exact) mass is 315 g/mol. The van der Waals surface area contributed by atoms with E-state index in [-0.39, 0.29) is 11.3 Å². The van der Waals surface area contributed by atoms with Crippen molar-refractivity contribution in [2.75, 3.05) is 12.4 Å². The molecule has 0 aliphatic heterocycles. The van der Waals surface area contributed by atoms with Gasteiger partial charge < -0.3 is 19.9 Å². The number of anilines is 1. The third-order valence-electron chi connectivity index (χ3n) is 3.16. The van der Waals surface area contributed by atoms with Crippen molar-refractivity contribution in [1.82, 2.24) is 0 Å². The summed E-state index contributed by atoms with van der Waals surface area (Å²) in [4.78, 5) is 23.3. The minimum Gasteiger partial charge on any atom is -0.497 e. The number of nitrogens with one attached hydrogen (secondary N) is 1. The van der Waals surface area contributed by atoms with Crippen molar-refractivity contribution >= 4 is 17.6 Å². The Morgan fingerprint density at radius 1 is 1.04 bits per heavy atom. The summed E-state index contributed by atoms with van der Waals surface area (Å²) in [7, 11) is 1.56. The molecule has 0 aliphatic carbocycles. The molecule has 1 amide bonds. The summed E-state index contributed by atoms with van der Waals surface area (Å²) < 4.78 is 10.6. The topological polar surface area (TPSA) is 84.9 Å². The van der Waals surface area contributed by atoms with Gasteiger partial charge in [-0.05, 0) is 43.3 Å². The Hall–Kier alpha value is -3.02. The van der Waals surface area contributed by atoms with E-state index in [1.807, 2.05) is 0 Å². The highest BCUT2D eigenvalue weighted by Gasteiger charge is 2.18. The molecule has 2 aromatic rings. The summed E-state index contributed by atoms with van der Waals surface area (Å²) in [5, 5.41) is 11.7. The molecule has 0 saturated heterocycles. The first-order valence-corrected chi connectivity index (χ1v) is 6.95. The second-order valence-corrected chi connectivity index (χ2v) is 4.78. The smallest absolute Gasteiger partial charge is 0.337 e. The van der Waals surface area contributed by atoms with Gasteiger partial charge in [-0.2, -0.15) is 0 Å². The maximum atomic E-state index is 12.2. The van der Waals surface area contributed by atoms with Crippen molar-refractivity contribution in [3.63, 3.8) is 0 Å². The fraction of sp³-hybridized carbons (Fsp3) is 0.176. The summed E-state index contributed by atoms with van der Waals surface area (Å²) in [5.41, 5.74) is 0.257. The Morgan fingerprint density at radius 3 is 2.26 bits per heavy atom. The van der Waals surface area contributed by atoms with E-state index >= 15 is 0 Å². The molecule has 6 nitrogen and oxygen atoms in total. The minimum atomic E-state index is -1.11. The van der Waals surface area contributed by atoms with Crippen molar-refractivity contribution in [2.45, 2.75) is 13.0 Å². The van der Waals surface area contributed by atoms with Crippen LogP contribution in [-0.4, -0.2) is 30.2 Å². The summed E-state index contributed by atoms with van der Waals surface area (Å²) in [5.74, 6) is -0.344. The lowest BCUT2D eigenvalue weighted by molar-refractivity contribution is -0.122. The zero-order chi connectivity index (χ0) is 16.8. The molecule has 2 aromatic carbocycles. The molecule has 0 aromatic heterocycles. The van der Waals surface area contributed by atoms with Crippen LogP contribution in [0.2, 0.25) is 0 Å². The lowest BCUT2D eigenvalue weighted by Crippen LogP contribution is -2.30. The number of aromatic carboxylic acids is 1. The number of benzene rings is 2. The van der Waals surface area contributed by atoms with E-state index < -0.39 is 18.0 Å². The first-order valence-electron chi connectivity index (χ1n) is 6.95. The molecule has 0 spiro atoms. The Kier molecular flexibility index (Phi) is 5.19. The van der Waals surface area contributed by atoms with Crippen LogP contribution >= 0.6 is 0 Å². The zero-order valence-corrected chi connectivity index (χ0v) is 12.8. The number of carbonyl (C=O) groups excluding carboxylic acids is 1. The number of carboxylic acid groups (broad SMARTS) is 1. The molecule has 2 rings (SSSR count). The maximum absolute atomic E-state index is 12.2. The molecule has 0 aliphatic rings. The molecule has 1 unspecified atom stereocenters. The van der Waals surface area contributed by atoms with Crippen LogP contribution in [-0.2, 0) is 4.79 Å². The lowest BCUT2D eigenvalue weighted by Gasteiger charge is -2.15. The first-order chi connectivity index (χ1) is 11.0. The number of hydrogen-bond donors (Lipinski definition) is 2. The van der Waals surface area contributed by atoms with E-state index in [1.54, 1.807) is 50.4 Å². The Bertz CT molecular complexity index is 696. The highest BCUT2D eigenvalue weighted by Crippen LogP contribution is 2.19. The quantitative estimate of drug-likeness (QED) is 0.856. The van der Waals surface area contributed by atoms with E-state index in [0.717, 1.165) is 0 Å².